The van der Waals surface area contributed by atoms with E-state index in [2.05, 4.69) is 29.6 Å². The molecule has 0 unspecified atom stereocenters. The fourth-order valence-electron chi connectivity index (χ4n) is 2.28. The first-order valence-electron chi connectivity index (χ1n) is 7.41. The lowest BCUT2D eigenvalue weighted by molar-refractivity contribution is 0.229. The van der Waals surface area contributed by atoms with Gasteiger partial charge in [0, 0.05) is 12.1 Å². The molecule has 3 heteroatoms. The van der Waals surface area contributed by atoms with Crippen LogP contribution in [0.5, 0.6) is 5.75 Å². The Labute approximate surface area is 125 Å². The van der Waals surface area contributed by atoms with Gasteiger partial charge in [-0.3, -0.25) is 0 Å². The monoisotopic (exact) mass is 283 g/mol. The van der Waals surface area contributed by atoms with E-state index in [0.717, 1.165) is 25.1 Å². The van der Waals surface area contributed by atoms with Crippen molar-refractivity contribution in [3.05, 3.63) is 65.7 Å². The molecule has 21 heavy (non-hydrogen) atoms. The van der Waals surface area contributed by atoms with E-state index in [1.165, 1.54) is 11.1 Å². The average Bonchev–Trinajstić information content (AvgIpc) is 3.34. The summed E-state index contributed by atoms with van der Waals surface area (Å²) in [6.07, 6.45) is 2.14. The van der Waals surface area contributed by atoms with Crippen molar-refractivity contribution in [3.63, 3.8) is 0 Å². The predicted molar refractivity (Wildman–Crippen MR) is 83.1 cm³/mol. The summed E-state index contributed by atoms with van der Waals surface area (Å²) in [7, 11) is 0. The summed E-state index contributed by atoms with van der Waals surface area (Å²) in [5.41, 5.74) is 2.37. The predicted octanol–water partition coefficient (Wildman–Crippen LogP) is 2.88. The summed E-state index contributed by atoms with van der Waals surface area (Å²) in [6, 6.07) is 18.3. The van der Waals surface area contributed by atoms with Crippen LogP contribution in [0.1, 0.15) is 24.0 Å². The molecular weight excluding hydrogens is 262 g/mol. The van der Waals surface area contributed by atoms with E-state index < -0.39 is 0 Å². The molecule has 3 rings (SSSR count). The molecule has 1 aliphatic rings. The van der Waals surface area contributed by atoms with Crippen LogP contribution in [0.25, 0.3) is 0 Å². The normalized spacial score (nSPS) is 15.7. The number of benzene rings is 2. The van der Waals surface area contributed by atoms with Gasteiger partial charge >= 0.3 is 0 Å². The Kier molecular flexibility index (Phi) is 4.23. The second-order valence-corrected chi connectivity index (χ2v) is 5.71. The van der Waals surface area contributed by atoms with E-state index in [-0.39, 0.29) is 12.1 Å². The van der Waals surface area contributed by atoms with E-state index in [9.17, 15) is 5.11 Å². The van der Waals surface area contributed by atoms with Crippen LogP contribution in [0.4, 0.5) is 0 Å². The summed E-state index contributed by atoms with van der Waals surface area (Å²) < 4.78 is 5.77. The summed E-state index contributed by atoms with van der Waals surface area (Å²) in [5.74, 6) is 0.880. The Morgan fingerprint density at radius 3 is 2.29 bits per heavy atom. The quantitative estimate of drug-likeness (QED) is 0.821. The van der Waals surface area contributed by atoms with E-state index in [1.54, 1.807) is 0 Å². The molecule has 0 aliphatic heterocycles. The smallest absolute Gasteiger partial charge is 0.119 e. The van der Waals surface area contributed by atoms with Gasteiger partial charge in [-0.25, -0.2) is 0 Å². The van der Waals surface area contributed by atoms with Crippen molar-refractivity contribution >= 4 is 0 Å². The first-order chi connectivity index (χ1) is 10.3. The molecule has 1 aliphatic carbocycles. The maximum absolute atomic E-state index is 9.27. The molecule has 0 aromatic heterocycles. The summed E-state index contributed by atoms with van der Waals surface area (Å²) in [6.45, 7) is 1.61. The molecule has 2 N–H and O–H groups in total. The van der Waals surface area contributed by atoms with Gasteiger partial charge < -0.3 is 15.2 Å². The number of nitrogens with one attached hydrogen (secondary N) is 1. The fraction of sp³-hybridized carbons (Fsp3) is 0.333. The lowest BCUT2D eigenvalue weighted by Gasteiger charge is -2.14. The van der Waals surface area contributed by atoms with Crippen LogP contribution in [0.2, 0.25) is 0 Å². The summed E-state index contributed by atoms with van der Waals surface area (Å²) >= 11 is 0. The van der Waals surface area contributed by atoms with Crippen molar-refractivity contribution < 1.29 is 9.84 Å². The second kappa shape index (κ2) is 6.29. The second-order valence-electron chi connectivity index (χ2n) is 5.71. The highest BCUT2D eigenvalue weighted by atomic mass is 16.5. The van der Waals surface area contributed by atoms with Gasteiger partial charge in [0.25, 0.3) is 0 Å². The molecule has 1 saturated carbocycles. The Bertz CT molecular complexity index is 562. The van der Waals surface area contributed by atoms with E-state index in [0.29, 0.717) is 6.61 Å². The fourth-order valence-corrected chi connectivity index (χ4v) is 2.28. The summed E-state index contributed by atoms with van der Waals surface area (Å²) in [4.78, 5) is 0. The van der Waals surface area contributed by atoms with Crippen molar-refractivity contribution in [2.75, 3.05) is 6.61 Å². The van der Waals surface area contributed by atoms with Crippen LogP contribution < -0.4 is 10.1 Å². The third-order valence-electron chi connectivity index (χ3n) is 4.00. The van der Waals surface area contributed by atoms with Crippen molar-refractivity contribution in [2.24, 2.45) is 0 Å². The molecule has 0 heterocycles. The number of ether oxygens (including phenoxy) is 1. The Morgan fingerprint density at radius 1 is 0.952 bits per heavy atom. The molecule has 0 radical (unpaired) electrons. The highest BCUT2D eigenvalue weighted by Crippen LogP contribution is 2.34. The van der Waals surface area contributed by atoms with Crippen LogP contribution >= 0.6 is 0 Å². The molecule has 0 amide bonds. The molecule has 110 valence electrons. The minimum absolute atomic E-state index is 0.0114. The van der Waals surface area contributed by atoms with Gasteiger partial charge in [0.1, 0.15) is 12.4 Å². The summed E-state index contributed by atoms with van der Waals surface area (Å²) in [5, 5.41) is 12.7. The van der Waals surface area contributed by atoms with Crippen molar-refractivity contribution in [3.8, 4) is 5.75 Å². The van der Waals surface area contributed by atoms with Gasteiger partial charge in [-0.15, -0.1) is 0 Å². The molecule has 1 fully saturated rings. The van der Waals surface area contributed by atoms with Crippen LogP contribution in [-0.2, 0) is 13.2 Å². The number of hydrogen-bond donors (Lipinski definition) is 2. The molecule has 0 saturated heterocycles. The zero-order valence-electron chi connectivity index (χ0n) is 12.1. The van der Waals surface area contributed by atoms with Crippen molar-refractivity contribution in [1.82, 2.24) is 5.32 Å². The Hall–Kier alpha value is -1.84. The number of aliphatic hydroxyl groups excluding tert-OH is 1. The van der Waals surface area contributed by atoms with Gasteiger partial charge in [-0.1, -0.05) is 42.5 Å². The number of aliphatic hydroxyl groups is 1. The molecular formula is C18H21NO2. The zero-order chi connectivity index (χ0) is 14.5. The van der Waals surface area contributed by atoms with Gasteiger partial charge in [-0.05, 0) is 36.1 Å². The van der Waals surface area contributed by atoms with Crippen molar-refractivity contribution in [2.45, 2.75) is 31.5 Å². The third-order valence-corrected chi connectivity index (χ3v) is 4.00. The zero-order valence-corrected chi connectivity index (χ0v) is 12.1. The number of hydrogen-bond acceptors (Lipinski definition) is 3. The van der Waals surface area contributed by atoms with Gasteiger partial charge in [-0.2, -0.15) is 0 Å². The Morgan fingerprint density at radius 2 is 1.67 bits per heavy atom. The maximum Gasteiger partial charge on any atom is 0.119 e. The minimum atomic E-state index is -0.0114. The Balaban J connectivity index is 1.50. The topological polar surface area (TPSA) is 41.5 Å². The molecule has 2 aromatic carbocycles. The SMILES string of the molecule is OCC1(NCc2ccc(OCc3ccccc3)cc2)CC1. The van der Waals surface area contributed by atoms with Gasteiger partial charge in [0.05, 0.1) is 6.61 Å². The molecule has 3 nitrogen and oxygen atoms in total. The molecule has 2 aromatic rings. The van der Waals surface area contributed by atoms with Crippen LogP contribution in [0.3, 0.4) is 0 Å². The van der Waals surface area contributed by atoms with Crippen LogP contribution in [0, 0.1) is 0 Å². The van der Waals surface area contributed by atoms with Crippen molar-refractivity contribution in [1.29, 1.82) is 0 Å². The van der Waals surface area contributed by atoms with Gasteiger partial charge in [0.15, 0.2) is 0 Å². The standard InChI is InChI=1S/C18H21NO2/c20-14-18(10-11-18)19-12-15-6-8-17(9-7-15)21-13-16-4-2-1-3-5-16/h1-9,19-20H,10-14H2. The minimum Gasteiger partial charge on any atom is -0.489 e. The third kappa shape index (κ3) is 3.84. The number of rotatable bonds is 7. The van der Waals surface area contributed by atoms with Crippen LogP contribution in [-0.4, -0.2) is 17.3 Å². The highest BCUT2D eigenvalue weighted by Gasteiger charge is 2.41. The first kappa shape index (κ1) is 14.1. The van der Waals surface area contributed by atoms with Crippen LogP contribution in [0.15, 0.2) is 54.6 Å². The molecule has 0 bridgehead atoms. The lowest BCUT2D eigenvalue weighted by atomic mass is 10.2. The van der Waals surface area contributed by atoms with E-state index in [4.69, 9.17) is 4.74 Å². The van der Waals surface area contributed by atoms with E-state index >= 15 is 0 Å². The first-order valence-corrected chi connectivity index (χ1v) is 7.41. The largest absolute Gasteiger partial charge is 0.489 e. The molecule has 0 spiro atoms. The maximum atomic E-state index is 9.27. The molecule has 0 atom stereocenters. The van der Waals surface area contributed by atoms with E-state index in [1.807, 2.05) is 30.3 Å². The van der Waals surface area contributed by atoms with Gasteiger partial charge in [0.2, 0.25) is 0 Å². The average molecular weight is 283 g/mol. The lowest BCUT2D eigenvalue weighted by Crippen LogP contribution is -2.34. The highest BCUT2D eigenvalue weighted by molar-refractivity contribution is 5.28.